The molecule has 2 rings (SSSR count). The first kappa shape index (κ1) is 11.5. The Morgan fingerprint density at radius 3 is 2.31 bits per heavy atom. The van der Waals surface area contributed by atoms with Gasteiger partial charge in [0.05, 0.1) is 6.10 Å². The van der Waals surface area contributed by atoms with E-state index in [4.69, 9.17) is 4.74 Å². The van der Waals surface area contributed by atoms with Crippen molar-refractivity contribution in [1.82, 2.24) is 0 Å². The van der Waals surface area contributed by atoms with E-state index in [0.29, 0.717) is 5.92 Å². The number of benzene rings is 1. The highest BCUT2D eigenvalue weighted by molar-refractivity contribution is 5.41. The largest absolute Gasteiger partial charge is 0.491 e. The molecule has 16 heavy (non-hydrogen) atoms. The Kier molecular flexibility index (Phi) is 3.22. The summed E-state index contributed by atoms with van der Waals surface area (Å²) in [4.78, 5) is 0. The molecule has 0 bridgehead atoms. The molecule has 1 aliphatic carbocycles. The van der Waals surface area contributed by atoms with Crippen LogP contribution in [0.3, 0.4) is 0 Å². The fourth-order valence-corrected chi connectivity index (χ4v) is 2.05. The standard InChI is InChI=1S/C15H22O/c1-10(2)14-9-13(12-5-6-12)7-8-15(14)16-11(3)4/h7-12H,5-6H2,1-4H3. The molecule has 88 valence electrons. The Morgan fingerprint density at radius 1 is 1.12 bits per heavy atom. The highest BCUT2D eigenvalue weighted by Gasteiger charge is 2.24. The van der Waals surface area contributed by atoms with Crippen molar-refractivity contribution in [1.29, 1.82) is 0 Å². The molecule has 0 heterocycles. The normalized spacial score (nSPS) is 15.9. The van der Waals surface area contributed by atoms with Gasteiger partial charge in [-0.2, -0.15) is 0 Å². The fraction of sp³-hybridized carbons (Fsp3) is 0.600. The molecule has 0 saturated heterocycles. The fourth-order valence-electron chi connectivity index (χ4n) is 2.05. The molecule has 0 spiro atoms. The Labute approximate surface area is 98.8 Å². The highest BCUT2D eigenvalue weighted by Crippen LogP contribution is 2.42. The first-order valence-electron chi connectivity index (χ1n) is 6.38. The first-order chi connectivity index (χ1) is 7.58. The van der Waals surface area contributed by atoms with Crippen LogP contribution in [0.2, 0.25) is 0 Å². The molecule has 1 saturated carbocycles. The molecule has 1 aromatic rings. The summed E-state index contributed by atoms with van der Waals surface area (Å²) < 4.78 is 5.86. The highest BCUT2D eigenvalue weighted by atomic mass is 16.5. The van der Waals surface area contributed by atoms with Crippen LogP contribution >= 0.6 is 0 Å². The van der Waals surface area contributed by atoms with E-state index in [1.807, 2.05) is 0 Å². The Morgan fingerprint density at radius 2 is 1.81 bits per heavy atom. The molecule has 0 amide bonds. The molecule has 0 atom stereocenters. The van der Waals surface area contributed by atoms with Gasteiger partial charge in [-0.15, -0.1) is 0 Å². The lowest BCUT2D eigenvalue weighted by molar-refractivity contribution is 0.239. The first-order valence-corrected chi connectivity index (χ1v) is 6.38. The van der Waals surface area contributed by atoms with Gasteiger partial charge in [0.25, 0.3) is 0 Å². The maximum absolute atomic E-state index is 5.86. The molecular formula is C15H22O. The lowest BCUT2D eigenvalue weighted by Crippen LogP contribution is -2.08. The Bertz CT molecular complexity index is 362. The van der Waals surface area contributed by atoms with E-state index in [2.05, 4.69) is 45.9 Å². The zero-order chi connectivity index (χ0) is 11.7. The molecule has 0 aromatic heterocycles. The van der Waals surface area contributed by atoms with E-state index >= 15 is 0 Å². The zero-order valence-corrected chi connectivity index (χ0v) is 10.8. The number of rotatable bonds is 4. The van der Waals surface area contributed by atoms with Crippen LogP contribution in [0, 0.1) is 0 Å². The van der Waals surface area contributed by atoms with Crippen LogP contribution < -0.4 is 4.74 Å². The third-order valence-corrected chi connectivity index (χ3v) is 3.07. The second kappa shape index (κ2) is 4.48. The average Bonchev–Trinajstić information content (AvgIpc) is 3.00. The number of hydrogen-bond acceptors (Lipinski definition) is 1. The van der Waals surface area contributed by atoms with Gasteiger partial charge in [-0.25, -0.2) is 0 Å². The predicted molar refractivity (Wildman–Crippen MR) is 68.3 cm³/mol. The zero-order valence-electron chi connectivity index (χ0n) is 10.8. The molecule has 1 nitrogen and oxygen atoms in total. The molecule has 0 N–H and O–H groups in total. The van der Waals surface area contributed by atoms with E-state index < -0.39 is 0 Å². The van der Waals surface area contributed by atoms with Gasteiger partial charge in [0.15, 0.2) is 0 Å². The summed E-state index contributed by atoms with van der Waals surface area (Å²) in [6, 6.07) is 6.74. The van der Waals surface area contributed by atoms with E-state index in [9.17, 15) is 0 Å². The third-order valence-electron chi connectivity index (χ3n) is 3.07. The molecule has 0 radical (unpaired) electrons. The molecule has 1 fully saturated rings. The maximum atomic E-state index is 5.86. The summed E-state index contributed by atoms with van der Waals surface area (Å²) in [5.41, 5.74) is 2.86. The second-order valence-corrected chi connectivity index (χ2v) is 5.39. The van der Waals surface area contributed by atoms with Crippen molar-refractivity contribution in [2.24, 2.45) is 0 Å². The summed E-state index contributed by atoms with van der Waals surface area (Å²) >= 11 is 0. The van der Waals surface area contributed by atoms with E-state index in [0.717, 1.165) is 11.7 Å². The van der Waals surface area contributed by atoms with E-state index in [1.54, 1.807) is 0 Å². The number of hydrogen-bond donors (Lipinski definition) is 0. The van der Waals surface area contributed by atoms with Crippen molar-refractivity contribution in [2.45, 2.75) is 58.5 Å². The third kappa shape index (κ3) is 2.58. The minimum absolute atomic E-state index is 0.254. The van der Waals surface area contributed by atoms with Crippen molar-refractivity contribution in [2.75, 3.05) is 0 Å². The number of ether oxygens (including phenoxy) is 1. The van der Waals surface area contributed by atoms with Gasteiger partial charge in [-0.3, -0.25) is 0 Å². The molecule has 1 heteroatoms. The van der Waals surface area contributed by atoms with Crippen LogP contribution in [0.25, 0.3) is 0 Å². The molecular weight excluding hydrogens is 196 g/mol. The summed E-state index contributed by atoms with van der Waals surface area (Å²) in [7, 11) is 0. The van der Waals surface area contributed by atoms with Gasteiger partial charge >= 0.3 is 0 Å². The van der Waals surface area contributed by atoms with Crippen molar-refractivity contribution in [3.8, 4) is 5.75 Å². The minimum atomic E-state index is 0.254. The lowest BCUT2D eigenvalue weighted by atomic mass is 9.98. The van der Waals surface area contributed by atoms with E-state index in [-0.39, 0.29) is 6.10 Å². The summed E-state index contributed by atoms with van der Waals surface area (Å²) in [5.74, 6) is 2.42. The van der Waals surface area contributed by atoms with Crippen molar-refractivity contribution < 1.29 is 4.74 Å². The summed E-state index contributed by atoms with van der Waals surface area (Å²) in [6.07, 6.45) is 2.98. The van der Waals surface area contributed by atoms with Crippen molar-refractivity contribution in [3.63, 3.8) is 0 Å². The topological polar surface area (TPSA) is 9.23 Å². The SMILES string of the molecule is CC(C)Oc1ccc(C2CC2)cc1C(C)C. The van der Waals surface area contributed by atoms with Crippen molar-refractivity contribution in [3.05, 3.63) is 29.3 Å². The van der Waals surface area contributed by atoms with Crippen LogP contribution in [-0.2, 0) is 0 Å². The van der Waals surface area contributed by atoms with Gasteiger partial charge in [0, 0.05) is 0 Å². The quantitative estimate of drug-likeness (QED) is 0.724. The van der Waals surface area contributed by atoms with Crippen LogP contribution in [0.1, 0.15) is 63.5 Å². The van der Waals surface area contributed by atoms with Gasteiger partial charge in [0.2, 0.25) is 0 Å². The monoisotopic (exact) mass is 218 g/mol. The molecule has 1 aliphatic rings. The van der Waals surface area contributed by atoms with Crippen LogP contribution in [0.5, 0.6) is 5.75 Å². The lowest BCUT2D eigenvalue weighted by Gasteiger charge is -2.17. The van der Waals surface area contributed by atoms with Gasteiger partial charge in [-0.1, -0.05) is 26.0 Å². The minimum Gasteiger partial charge on any atom is -0.491 e. The second-order valence-electron chi connectivity index (χ2n) is 5.39. The maximum Gasteiger partial charge on any atom is 0.123 e. The van der Waals surface area contributed by atoms with E-state index in [1.165, 1.54) is 24.0 Å². The smallest absolute Gasteiger partial charge is 0.123 e. The molecule has 1 aromatic carbocycles. The average molecular weight is 218 g/mol. The summed E-state index contributed by atoms with van der Waals surface area (Å²) in [6.45, 7) is 8.64. The van der Waals surface area contributed by atoms with Crippen LogP contribution in [-0.4, -0.2) is 6.10 Å². The Balaban J connectivity index is 2.28. The van der Waals surface area contributed by atoms with Crippen LogP contribution in [0.4, 0.5) is 0 Å². The Hall–Kier alpha value is -0.980. The predicted octanol–water partition coefficient (Wildman–Crippen LogP) is 4.47. The van der Waals surface area contributed by atoms with Gasteiger partial charge in [0.1, 0.15) is 5.75 Å². The van der Waals surface area contributed by atoms with Gasteiger partial charge < -0.3 is 4.74 Å². The van der Waals surface area contributed by atoms with Crippen molar-refractivity contribution >= 4 is 0 Å². The molecule has 0 aliphatic heterocycles. The summed E-state index contributed by atoms with van der Waals surface area (Å²) in [5, 5.41) is 0. The van der Waals surface area contributed by atoms with Gasteiger partial charge in [-0.05, 0) is 55.7 Å². The van der Waals surface area contributed by atoms with Crippen LogP contribution in [0.15, 0.2) is 18.2 Å². The molecule has 0 unspecified atom stereocenters.